The summed E-state index contributed by atoms with van der Waals surface area (Å²) >= 11 is 0. The molecule has 0 radical (unpaired) electrons. The summed E-state index contributed by atoms with van der Waals surface area (Å²) in [5.41, 5.74) is 2.37. The third-order valence-corrected chi connectivity index (χ3v) is 5.47. The molecule has 0 aromatic heterocycles. The monoisotopic (exact) mass is 552 g/mol. The van der Waals surface area contributed by atoms with E-state index in [1.807, 2.05) is 25.2 Å². The average molecular weight is 553 g/mol. The highest BCUT2D eigenvalue weighted by Gasteiger charge is 2.25. The zero-order valence-electron chi connectivity index (χ0n) is 19.5. The number of benzene rings is 2. The minimum atomic E-state index is 0. The molecule has 2 aromatic carbocycles. The van der Waals surface area contributed by atoms with Gasteiger partial charge >= 0.3 is 0 Å². The van der Waals surface area contributed by atoms with Gasteiger partial charge in [-0.2, -0.15) is 0 Å². The van der Waals surface area contributed by atoms with Crippen LogP contribution in [0.25, 0.3) is 0 Å². The molecule has 1 atom stereocenters. The Hall–Kier alpha value is -1.84. The Labute approximate surface area is 210 Å². The Balaban J connectivity index is 0.00000363. The van der Waals surface area contributed by atoms with Crippen LogP contribution in [0.4, 0.5) is 0 Å². The van der Waals surface area contributed by atoms with Crippen LogP contribution in [-0.4, -0.2) is 69.8 Å². The van der Waals surface area contributed by atoms with Crippen LogP contribution in [0.5, 0.6) is 5.75 Å². The number of rotatable bonds is 10. The van der Waals surface area contributed by atoms with Gasteiger partial charge in [-0.25, -0.2) is 0 Å². The van der Waals surface area contributed by atoms with E-state index in [2.05, 4.69) is 70.6 Å². The van der Waals surface area contributed by atoms with Crippen molar-refractivity contribution in [2.75, 3.05) is 54.0 Å². The maximum Gasteiger partial charge on any atom is 0.193 e. The van der Waals surface area contributed by atoms with Crippen LogP contribution >= 0.6 is 24.0 Å². The van der Waals surface area contributed by atoms with Crippen molar-refractivity contribution in [2.45, 2.75) is 19.6 Å². The molecule has 176 valence electrons. The van der Waals surface area contributed by atoms with Gasteiger partial charge < -0.3 is 24.6 Å². The van der Waals surface area contributed by atoms with Gasteiger partial charge in [-0.05, 0) is 32.1 Å². The molecule has 1 fully saturated rings. The van der Waals surface area contributed by atoms with Crippen LogP contribution in [-0.2, 0) is 17.9 Å². The van der Waals surface area contributed by atoms with Crippen molar-refractivity contribution in [1.29, 1.82) is 0 Å². The van der Waals surface area contributed by atoms with Gasteiger partial charge in [-0.3, -0.25) is 4.99 Å². The third-order valence-electron chi connectivity index (χ3n) is 5.47. The van der Waals surface area contributed by atoms with E-state index in [1.165, 1.54) is 5.56 Å². The molecule has 6 nitrogen and oxygen atoms in total. The second-order valence-corrected chi connectivity index (χ2v) is 8.26. The van der Waals surface area contributed by atoms with Crippen LogP contribution in [0.15, 0.2) is 59.6 Å². The van der Waals surface area contributed by atoms with Gasteiger partial charge in [0.05, 0.1) is 13.2 Å². The van der Waals surface area contributed by atoms with Gasteiger partial charge in [0, 0.05) is 44.7 Å². The Bertz CT molecular complexity index is 817. The molecule has 0 spiro atoms. The lowest BCUT2D eigenvalue weighted by molar-refractivity contribution is 0.0906. The summed E-state index contributed by atoms with van der Waals surface area (Å²) < 4.78 is 11.9. The zero-order chi connectivity index (χ0) is 21.9. The van der Waals surface area contributed by atoms with Crippen molar-refractivity contribution in [1.82, 2.24) is 15.1 Å². The fourth-order valence-corrected chi connectivity index (χ4v) is 3.71. The normalized spacial score (nSPS) is 16.2. The van der Waals surface area contributed by atoms with E-state index in [0.29, 0.717) is 25.7 Å². The maximum atomic E-state index is 5.99. The molecule has 32 heavy (non-hydrogen) atoms. The lowest BCUT2D eigenvalue weighted by Crippen LogP contribution is -2.40. The van der Waals surface area contributed by atoms with E-state index in [0.717, 1.165) is 49.9 Å². The molecule has 1 saturated heterocycles. The molecule has 0 aliphatic carbocycles. The number of nitrogens with one attached hydrogen (secondary N) is 1. The highest BCUT2D eigenvalue weighted by molar-refractivity contribution is 14.0. The number of guanidine groups is 1. The number of halogens is 1. The quantitative estimate of drug-likeness (QED) is 0.276. The topological polar surface area (TPSA) is 49.3 Å². The molecule has 1 heterocycles. The lowest BCUT2D eigenvalue weighted by atomic mass is 10.1. The Morgan fingerprint density at radius 1 is 1.12 bits per heavy atom. The van der Waals surface area contributed by atoms with Crippen molar-refractivity contribution < 1.29 is 9.47 Å². The van der Waals surface area contributed by atoms with Crippen molar-refractivity contribution in [3.05, 3.63) is 65.7 Å². The van der Waals surface area contributed by atoms with Crippen LogP contribution in [0.2, 0.25) is 0 Å². The second kappa shape index (κ2) is 14.3. The average Bonchev–Trinajstić information content (AvgIpc) is 3.24. The highest BCUT2D eigenvalue weighted by atomic mass is 127. The fraction of sp³-hybridized carbons (Fsp3) is 0.480. The molecule has 0 saturated carbocycles. The van der Waals surface area contributed by atoms with Gasteiger partial charge in [0.15, 0.2) is 5.96 Å². The first kappa shape index (κ1) is 26.4. The van der Waals surface area contributed by atoms with E-state index in [4.69, 9.17) is 9.47 Å². The largest absolute Gasteiger partial charge is 0.492 e. The number of hydrogen-bond acceptors (Lipinski definition) is 4. The van der Waals surface area contributed by atoms with E-state index in [-0.39, 0.29) is 24.0 Å². The fourth-order valence-electron chi connectivity index (χ4n) is 3.71. The Kier molecular flexibility index (Phi) is 11.8. The van der Waals surface area contributed by atoms with Crippen molar-refractivity contribution in [3.63, 3.8) is 0 Å². The number of likely N-dealkylation sites (tertiary alicyclic amines) is 1. The van der Waals surface area contributed by atoms with Gasteiger partial charge in [0.25, 0.3) is 0 Å². The van der Waals surface area contributed by atoms with E-state index >= 15 is 0 Å². The molecular formula is C25H37IN4O2. The summed E-state index contributed by atoms with van der Waals surface area (Å²) in [7, 11) is 5.95. The van der Waals surface area contributed by atoms with Gasteiger partial charge in [-0.15, -0.1) is 24.0 Å². The van der Waals surface area contributed by atoms with Crippen molar-refractivity contribution >= 4 is 29.9 Å². The smallest absolute Gasteiger partial charge is 0.193 e. The number of para-hydroxylation sites is 1. The van der Waals surface area contributed by atoms with Gasteiger partial charge in [0.1, 0.15) is 12.4 Å². The number of hydrogen-bond donors (Lipinski definition) is 1. The number of aliphatic imine (C=N–C) groups is 1. The maximum absolute atomic E-state index is 5.99. The minimum absolute atomic E-state index is 0. The van der Waals surface area contributed by atoms with Crippen molar-refractivity contribution in [2.24, 2.45) is 10.9 Å². The molecule has 3 rings (SSSR count). The molecule has 1 aliphatic rings. The van der Waals surface area contributed by atoms with Crippen LogP contribution in [0.3, 0.4) is 0 Å². The predicted molar refractivity (Wildman–Crippen MR) is 142 cm³/mol. The molecule has 2 aromatic rings. The summed E-state index contributed by atoms with van der Waals surface area (Å²) in [5, 5.41) is 3.51. The number of ether oxygens (including phenoxy) is 2. The molecular weight excluding hydrogens is 515 g/mol. The standard InChI is InChI=1S/C25H36N4O2.HI/c1-26-25(27-17-23-11-7-8-12-24(23)31-16-15-28(2)3)29-14-13-22(18-29)20-30-19-21-9-5-4-6-10-21;/h4-12,22H,13-20H2,1-3H3,(H,26,27);1H. The molecule has 1 N–H and O–H groups in total. The summed E-state index contributed by atoms with van der Waals surface area (Å²) in [5.74, 6) is 2.40. The minimum Gasteiger partial charge on any atom is -0.492 e. The van der Waals surface area contributed by atoms with Crippen LogP contribution in [0.1, 0.15) is 17.5 Å². The number of nitrogens with zero attached hydrogens (tertiary/aromatic N) is 3. The first-order chi connectivity index (χ1) is 15.2. The van der Waals surface area contributed by atoms with Crippen molar-refractivity contribution in [3.8, 4) is 5.75 Å². The first-order valence-electron chi connectivity index (χ1n) is 11.1. The summed E-state index contributed by atoms with van der Waals surface area (Å²) in [6.45, 7) is 5.69. The van der Waals surface area contributed by atoms with Crippen LogP contribution < -0.4 is 10.1 Å². The van der Waals surface area contributed by atoms with E-state index in [9.17, 15) is 0 Å². The molecule has 1 aliphatic heterocycles. The van der Waals surface area contributed by atoms with E-state index < -0.39 is 0 Å². The lowest BCUT2D eigenvalue weighted by Gasteiger charge is -2.22. The molecule has 1 unspecified atom stereocenters. The zero-order valence-corrected chi connectivity index (χ0v) is 21.8. The van der Waals surface area contributed by atoms with Gasteiger partial charge in [-0.1, -0.05) is 48.5 Å². The summed E-state index contributed by atoms with van der Waals surface area (Å²) in [4.78, 5) is 8.95. The van der Waals surface area contributed by atoms with Crippen LogP contribution in [0, 0.1) is 5.92 Å². The molecule has 0 amide bonds. The Morgan fingerprint density at radius 2 is 1.88 bits per heavy atom. The summed E-state index contributed by atoms with van der Waals surface area (Å²) in [6.07, 6.45) is 1.12. The first-order valence-corrected chi connectivity index (χ1v) is 11.1. The predicted octanol–water partition coefficient (Wildman–Crippen LogP) is 3.86. The third kappa shape index (κ3) is 8.60. The second-order valence-electron chi connectivity index (χ2n) is 8.26. The number of likely N-dealkylation sites (N-methyl/N-ethyl adjacent to an activating group) is 1. The van der Waals surface area contributed by atoms with Gasteiger partial charge in [0.2, 0.25) is 0 Å². The summed E-state index contributed by atoms with van der Waals surface area (Å²) in [6, 6.07) is 18.6. The SMILES string of the molecule is CN=C(NCc1ccccc1OCCN(C)C)N1CCC(COCc2ccccc2)C1.I. The molecule has 7 heteroatoms. The molecule has 0 bridgehead atoms. The van der Waals surface area contributed by atoms with E-state index in [1.54, 1.807) is 0 Å². The Morgan fingerprint density at radius 3 is 2.62 bits per heavy atom. The highest BCUT2D eigenvalue weighted by Crippen LogP contribution is 2.20.